The van der Waals surface area contributed by atoms with Gasteiger partial charge in [-0.05, 0) is 37.6 Å². The fourth-order valence-electron chi connectivity index (χ4n) is 4.52. The molecule has 3 aliphatic rings. The van der Waals surface area contributed by atoms with Gasteiger partial charge >= 0.3 is 5.97 Å². The van der Waals surface area contributed by atoms with Crippen molar-refractivity contribution in [1.82, 2.24) is 5.32 Å². The second-order valence-corrected chi connectivity index (χ2v) is 9.22. The van der Waals surface area contributed by atoms with Crippen molar-refractivity contribution in [2.24, 2.45) is 0 Å². The monoisotopic (exact) mass is 527 g/mol. The van der Waals surface area contributed by atoms with Crippen LogP contribution in [0.25, 0.3) is 6.08 Å². The first-order valence-electron chi connectivity index (χ1n) is 11.4. The van der Waals surface area contributed by atoms with Crippen molar-refractivity contribution in [2.45, 2.75) is 74.7 Å². The lowest BCUT2D eigenvalue weighted by molar-refractivity contribution is -0.334. The molecule has 0 aromatic heterocycles. The van der Waals surface area contributed by atoms with Crippen molar-refractivity contribution in [3.63, 3.8) is 0 Å². The summed E-state index contributed by atoms with van der Waals surface area (Å²) in [7, 11) is 0. The van der Waals surface area contributed by atoms with Crippen LogP contribution in [0.2, 0.25) is 0 Å². The van der Waals surface area contributed by atoms with Crippen LogP contribution in [0.1, 0.15) is 19.4 Å². The highest BCUT2D eigenvalue weighted by atomic mass is 16.8. The van der Waals surface area contributed by atoms with Crippen molar-refractivity contribution in [1.29, 1.82) is 0 Å². The molecule has 0 bridgehead atoms. The van der Waals surface area contributed by atoms with E-state index in [0.29, 0.717) is 5.56 Å². The molecular weight excluding hydrogens is 498 g/mol. The van der Waals surface area contributed by atoms with E-state index in [1.807, 2.05) is 0 Å². The van der Waals surface area contributed by atoms with E-state index < -0.39 is 78.3 Å². The second kappa shape index (κ2) is 10.2. The zero-order valence-corrected chi connectivity index (χ0v) is 19.8. The summed E-state index contributed by atoms with van der Waals surface area (Å²) in [6.07, 6.45) is -10.0. The summed E-state index contributed by atoms with van der Waals surface area (Å²) in [5.41, 5.74) is 0.407. The highest BCUT2D eigenvalue weighted by molar-refractivity contribution is 5.97. The van der Waals surface area contributed by atoms with Crippen molar-refractivity contribution < 1.29 is 64.3 Å². The zero-order valence-electron chi connectivity index (χ0n) is 19.8. The topological polar surface area (TPSA) is 225 Å². The van der Waals surface area contributed by atoms with Gasteiger partial charge in [0.05, 0.1) is 6.04 Å². The first-order valence-corrected chi connectivity index (χ1v) is 11.4. The highest BCUT2D eigenvalue weighted by Crippen LogP contribution is 2.37. The number of ether oxygens (including phenoxy) is 4. The number of carbonyl (C=O) groups excluding carboxylic acids is 2. The third kappa shape index (κ3) is 5.07. The van der Waals surface area contributed by atoms with Gasteiger partial charge in [0.15, 0.2) is 29.5 Å². The summed E-state index contributed by atoms with van der Waals surface area (Å²) in [4.78, 5) is 24.2. The quantitative estimate of drug-likeness (QED) is 0.135. The Kier molecular flexibility index (Phi) is 7.58. The molecule has 14 heteroatoms. The van der Waals surface area contributed by atoms with Crippen LogP contribution < -0.4 is 10.1 Å². The van der Waals surface area contributed by atoms with Gasteiger partial charge in [-0.25, -0.2) is 0 Å². The van der Waals surface area contributed by atoms with Gasteiger partial charge in [0, 0.05) is 5.57 Å². The number of nitrogens with one attached hydrogen (secondary N) is 1. The van der Waals surface area contributed by atoms with Gasteiger partial charge in [-0.3, -0.25) is 9.59 Å². The molecule has 10 atom stereocenters. The smallest absolute Gasteiger partial charge is 0.355 e. The Hall–Kier alpha value is -2.66. The Balaban J connectivity index is 1.44. The molecule has 0 spiro atoms. The number of phenolic OH excluding ortho intramolecular Hbond substituents is 1. The molecule has 2 aliphatic heterocycles. The lowest BCUT2D eigenvalue weighted by atomic mass is 9.83. The first-order chi connectivity index (χ1) is 17.3. The van der Waals surface area contributed by atoms with Crippen LogP contribution >= 0.6 is 0 Å². The van der Waals surface area contributed by atoms with Crippen LogP contribution in [0.15, 0.2) is 23.8 Å². The normalized spacial score (nSPS) is 39.8. The summed E-state index contributed by atoms with van der Waals surface area (Å²) in [6.45, 7) is 2.36. The summed E-state index contributed by atoms with van der Waals surface area (Å²) in [5.74, 6) is -5.03. The summed E-state index contributed by atoms with van der Waals surface area (Å²) >= 11 is 0. The van der Waals surface area contributed by atoms with E-state index in [9.17, 15) is 45.3 Å². The van der Waals surface area contributed by atoms with Gasteiger partial charge in [0.1, 0.15) is 43.4 Å². The van der Waals surface area contributed by atoms with Gasteiger partial charge < -0.3 is 60.0 Å². The summed E-state index contributed by atoms with van der Waals surface area (Å²) in [6, 6.07) is 2.50. The number of carbonyl (C=O) groups is 2. The molecule has 1 aromatic rings. The molecule has 204 valence electrons. The van der Waals surface area contributed by atoms with Gasteiger partial charge in [-0.2, -0.15) is 0 Å². The molecule has 37 heavy (non-hydrogen) atoms. The molecule has 2 saturated heterocycles. The molecule has 4 rings (SSSR count). The number of amides is 1. The average molecular weight is 527 g/mol. The SMILES string of the molecule is CC(=O)[C@@H]1O[C@](O)(Oc2ccc(/C=C(\C)C(=O)N[C@@H]3[C@H](O)[C@@H](O)[C@H]4OCO[C@H]4[C@@H]3O)cc2O)[C@@H](O)[C@@H]1O. The molecule has 1 aliphatic carbocycles. The summed E-state index contributed by atoms with van der Waals surface area (Å²) < 4.78 is 20.5. The molecule has 2 heterocycles. The number of aliphatic hydroxyl groups excluding tert-OH is 5. The molecule has 3 fully saturated rings. The average Bonchev–Trinajstić information content (AvgIpc) is 3.42. The third-order valence-electron chi connectivity index (χ3n) is 6.59. The zero-order chi connectivity index (χ0) is 27.2. The number of hydrogen-bond donors (Lipinski definition) is 8. The first kappa shape index (κ1) is 27.4. The van der Waals surface area contributed by atoms with Crippen LogP contribution in [-0.2, 0) is 23.8 Å². The van der Waals surface area contributed by atoms with Gasteiger partial charge in [-0.15, -0.1) is 0 Å². The van der Waals surface area contributed by atoms with Crippen molar-refractivity contribution in [2.75, 3.05) is 6.79 Å². The maximum absolute atomic E-state index is 12.7. The van der Waals surface area contributed by atoms with E-state index in [-0.39, 0.29) is 18.1 Å². The van der Waals surface area contributed by atoms with Crippen LogP contribution in [0.5, 0.6) is 11.5 Å². The predicted molar refractivity (Wildman–Crippen MR) is 119 cm³/mol. The van der Waals surface area contributed by atoms with Crippen LogP contribution in [0.3, 0.4) is 0 Å². The summed E-state index contributed by atoms with van der Waals surface area (Å²) in [5, 5.41) is 74.3. The number of aliphatic hydroxyl groups is 6. The number of rotatable bonds is 6. The molecule has 1 aromatic carbocycles. The molecule has 1 amide bonds. The molecule has 1 saturated carbocycles. The fourth-order valence-corrected chi connectivity index (χ4v) is 4.52. The van der Waals surface area contributed by atoms with E-state index in [1.165, 1.54) is 25.1 Å². The van der Waals surface area contributed by atoms with Crippen LogP contribution in [0, 0.1) is 0 Å². The van der Waals surface area contributed by atoms with Gasteiger partial charge in [-0.1, -0.05) is 6.07 Å². The Morgan fingerprint density at radius 1 is 1.03 bits per heavy atom. The fraction of sp³-hybridized carbons (Fsp3) is 0.565. The number of aromatic hydroxyl groups is 1. The van der Waals surface area contributed by atoms with Gasteiger partial charge in [0.2, 0.25) is 5.91 Å². The van der Waals surface area contributed by atoms with Crippen molar-refractivity contribution >= 4 is 17.8 Å². The third-order valence-corrected chi connectivity index (χ3v) is 6.59. The second-order valence-electron chi connectivity index (χ2n) is 9.22. The lowest BCUT2D eigenvalue weighted by Crippen LogP contribution is -2.67. The maximum Gasteiger partial charge on any atom is 0.355 e. The molecule has 0 unspecified atom stereocenters. The minimum absolute atomic E-state index is 0.105. The van der Waals surface area contributed by atoms with E-state index in [2.05, 4.69) is 5.32 Å². The van der Waals surface area contributed by atoms with E-state index in [1.54, 1.807) is 0 Å². The van der Waals surface area contributed by atoms with Crippen molar-refractivity contribution in [3.05, 3.63) is 29.3 Å². The predicted octanol–water partition coefficient (Wildman–Crippen LogP) is -3.15. The highest BCUT2D eigenvalue weighted by Gasteiger charge is 2.58. The number of phenols is 1. The molecule has 8 N–H and O–H groups in total. The Morgan fingerprint density at radius 2 is 1.68 bits per heavy atom. The largest absolute Gasteiger partial charge is 0.504 e. The Morgan fingerprint density at radius 3 is 2.27 bits per heavy atom. The minimum atomic E-state index is -2.81. The van der Waals surface area contributed by atoms with E-state index in [0.717, 1.165) is 13.0 Å². The number of Topliss-reactive ketones (excluding diaryl/α,β-unsaturated/α-hetero) is 1. The number of benzene rings is 1. The Labute approximate surface area is 210 Å². The standard InChI is InChI=1S/C23H29NO13/c1-8(22(32)24-13-14(27)16(29)20-19(15(13)28)34-7-35-20)5-10-3-4-12(11(26)6-10)36-23(33)21(31)17(30)18(37-23)9(2)25/h3-6,13-21,26-31,33H,7H2,1-2H3,(H,24,32)/b8-5+/t13-,14+,15-,16-,17-,18+,19+,20-,21+,23-/m1/s1. The van der Waals surface area contributed by atoms with Crippen LogP contribution in [-0.4, -0.2) is 115 Å². The molecule has 14 nitrogen and oxygen atoms in total. The van der Waals surface area contributed by atoms with E-state index >= 15 is 0 Å². The molecular formula is C23H29NO13. The lowest BCUT2D eigenvalue weighted by Gasteiger charge is -2.41. The number of fused-ring (bicyclic) bond motifs is 1. The number of hydrogen-bond acceptors (Lipinski definition) is 13. The van der Waals surface area contributed by atoms with E-state index in [4.69, 9.17) is 18.9 Å². The number of ketones is 1. The van der Waals surface area contributed by atoms with Gasteiger partial charge in [0.25, 0.3) is 0 Å². The minimum Gasteiger partial charge on any atom is -0.504 e. The Bertz CT molecular complexity index is 1080. The molecule has 0 radical (unpaired) electrons. The van der Waals surface area contributed by atoms with Crippen LogP contribution in [0.4, 0.5) is 0 Å². The maximum atomic E-state index is 12.7. The van der Waals surface area contributed by atoms with Crippen molar-refractivity contribution in [3.8, 4) is 11.5 Å².